The van der Waals surface area contributed by atoms with Crippen molar-refractivity contribution in [1.82, 2.24) is 14.9 Å². The molecule has 0 aliphatic carbocycles. The molecule has 0 aliphatic rings. The molecule has 0 radical (unpaired) electrons. The van der Waals surface area contributed by atoms with Gasteiger partial charge < -0.3 is 14.6 Å². The first kappa shape index (κ1) is 16.2. The van der Waals surface area contributed by atoms with Crippen LogP contribution in [0.25, 0.3) is 10.2 Å². The van der Waals surface area contributed by atoms with Crippen molar-refractivity contribution in [1.29, 1.82) is 0 Å². The van der Waals surface area contributed by atoms with Crippen LogP contribution >= 0.6 is 11.3 Å². The number of methoxy groups -OCH3 is 1. The lowest BCUT2D eigenvalue weighted by Gasteiger charge is -2.12. The Morgan fingerprint density at radius 1 is 1.33 bits per heavy atom. The van der Waals surface area contributed by atoms with E-state index in [0.29, 0.717) is 24.4 Å². The van der Waals surface area contributed by atoms with Crippen LogP contribution in [0.4, 0.5) is 0 Å². The molecule has 2 heterocycles. The number of fused-ring (bicyclic) bond motifs is 1. The highest BCUT2D eigenvalue weighted by molar-refractivity contribution is 7.16. The third kappa shape index (κ3) is 3.30. The van der Waals surface area contributed by atoms with Gasteiger partial charge in [-0.25, -0.2) is 4.98 Å². The van der Waals surface area contributed by atoms with Crippen molar-refractivity contribution in [3.05, 3.63) is 57.5 Å². The first-order valence-corrected chi connectivity index (χ1v) is 8.33. The van der Waals surface area contributed by atoms with E-state index in [2.05, 4.69) is 10.3 Å². The van der Waals surface area contributed by atoms with E-state index < -0.39 is 0 Å². The summed E-state index contributed by atoms with van der Waals surface area (Å²) in [4.78, 5) is 28.5. The van der Waals surface area contributed by atoms with E-state index in [9.17, 15) is 9.59 Å². The molecule has 6 nitrogen and oxygen atoms in total. The molecule has 124 valence electrons. The zero-order valence-corrected chi connectivity index (χ0v) is 14.2. The zero-order valence-electron chi connectivity index (χ0n) is 13.4. The molecule has 2 aromatic heterocycles. The number of hydrogen-bond acceptors (Lipinski definition) is 5. The van der Waals surface area contributed by atoms with Crippen LogP contribution in [0.15, 0.2) is 40.6 Å². The number of nitrogens with zero attached hydrogens (tertiary/aromatic N) is 2. The second-order valence-electron chi connectivity index (χ2n) is 5.32. The number of aromatic nitrogens is 2. The maximum atomic E-state index is 12.2. The van der Waals surface area contributed by atoms with Crippen LogP contribution in [-0.4, -0.2) is 29.1 Å². The van der Waals surface area contributed by atoms with E-state index in [1.807, 2.05) is 19.1 Å². The van der Waals surface area contributed by atoms with E-state index in [-0.39, 0.29) is 11.5 Å². The SMILES string of the molecule is COc1cc(C)n(CCNC(=O)c2ccc3ncsc3c2)c(=O)c1. The van der Waals surface area contributed by atoms with Gasteiger partial charge in [0.05, 0.1) is 22.8 Å². The Balaban J connectivity index is 1.66. The monoisotopic (exact) mass is 343 g/mol. The maximum Gasteiger partial charge on any atom is 0.254 e. The lowest BCUT2D eigenvalue weighted by molar-refractivity contribution is 0.0952. The second-order valence-corrected chi connectivity index (χ2v) is 6.20. The minimum atomic E-state index is -0.162. The molecule has 3 rings (SSSR count). The fourth-order valence-electron chi connectivity index (χ4n) is 2.48. The van der Waals surface area contributed by atoms with Crippen molar-refractivity contribution in [2.24, 2.45) is 0 Å². The minimum Gasteiger partial charge on any atom is -0.496 e. The van der Waals surface area contributed by atoms with Crippen molar-refractivity contribution in [2.75, 3.05) is 13.7 Å². The molecule has 0 aliphatic heterocycles. The Bertz CT molecular complexity index is 946. The van der Waals surface area contributed by atoms with Crippen molar-refractivity contribution in [2.45, 2.75) is 13.5 Å². The fourth-order valence-corrected chi connectivity index (χ4v) is 3.20. The summed E-state index contributed by atoms with van der Waals surface area (Å²) in [6.07, 6.45) is 0. The lowest BCUT2D eigenvalue weighted by Crippen LogP contribution is -2.31. The van der Waals surface area contributed by atoms with Crippen molar-refractivity contribution >= 4 is 27.5 Å². The molecule has 0 unspecified atom stereocenters. The number of aryl methyl sites for hydroxylation is 1. The Kier molecular flexibility index (Phi) is 4.61. The molecule has 0 spiro atoms. The molecule has 0 fully saturated rings. The molecule has 3 aromatic rings. The smallest absolute Gasteiger partial charge is 0.254 e. The van der Waals surface area contributed by atoms with Gasteiger partial charge in [0.25, 0.3) is 11.5 Å². The average molecular weight is 343 g/mol. The summed E-state index contributed by atoms with van der Waals surface area (Å²) in [6.45, 7) is 2.61. The molecule has 0 atom stereocenters. The van der Waals surface area contributed by atoms with Gasteiger partial charge in [-0.2, -0.15) is 0 Å². The molecule has 24 heavy (non-hydrogen) atoms. The summed E-state index contributed by atoms with van der Waals surface area (Å²) in [7, 11) is 1.53. The zero-order chi connectivity index (χ0) is 17.1. The minimum absolute atomic E-state index is 0.146. The standard InChI is InChI=1S/C17H17N3O3S/c1-11-7-13(23-2)9-16(21)20(11)6-5-18-17(22)12-3-4-14-15(8-12)24-10-19-14/h3-4,7-10H,5-6H2,1-2H3,(H,18,22). The van der Waals surface area contributed by atoms with E-state index in [1.165, 1.54) is 24.5 Å². The number of benzene rings is 1. The summed E-state index contributed by atoms with van der Waals surface area (Å²) in [5.41, 5.74) is 3.87. The van der Waals surface area contributed by atoms with Gasteiger partial charge in [0, 0.05) is 30.4 Å². The maximum absolute atomic E-state index is 12.2. The van der Waals surface area contributed by atoms with Gasteiger partial charge in [0.2, 0.25) is 0 Å². The molecule has 7 heteroatoms. The van der Waals surface area contributed by atoms with Crippen molar-refractivity contribution < 1.29 is 9.53 Å². The van der Waals surface area contributed by atoms with Crippen LogP contribution in [0.1, 0.15) is 16.1 Å². The third-order valence-electron chi connectivity index (χ3n) is 3.76. The Morgan fingerprint density at radius 3 is 2.92 bits per heavy atom. The van der Waals surface area contributed by atoms with Gasteiger partial charge in [-0.3, -0.25) is 9.59 Å². The van der Waals surface area contributed by atoms with Crippen LogP contribution in [0.3, 0.4) is 0 Å². The summed E-state index contributed by atoms with van der Waals surface area (Å²) < 4.78 is 7.66. The highest BCUT2D eigenvalue weighted by Crippen LogP contribution is 2.18. The van der Waals surface area contributed by atoms with Gasteiger partial charge in [-0.05, 0) is 31.2 Å². The molecule has 1 N–H and O–H groups in total. The third-order valence-corrected chi connectivity index (χ3v) is 4.55. The summed E-state index contributed by atoms with van der Waals surface area (Å²) in [6, 6.07) is 8.64. The average Bonchev–Trinajstić information content (AvgIpc) is 3.04. The first-order valence-electron chi connectivity index (χ1n) is 7.45. The largest absolute Gasteiger partial charge is 0.496 e. The van der Waals surface area contributed by atoms with Gasteiger partial charge in [-0.1, -0.05) is 0 Å². The van der Waals surface area contributed by atoms with Gasteiger partial charge in [0.15, 0.2) is 0 Å². The fraction of sp³-hybridized carbons (Fsp3) is 0.235. The molecule has 0 saturated heterocycles. The number of amides is 1. The second kappa shape index (κ2) is 6.84. The highest BCUT2D eigenvalue weighted by Gasteiger charge is 2.08. The highest BCUT2D eigenvalue weighted by atomic mass is 32.1. The number of carbonyl (C=O) groups excluding carboxylic acids is 1. The van der Waals surface area contributed by atoms with E-state index in [0.717, 1.165) is 15.9 Å². The molecule has 0 bridgehead atoms. The van der Waals surface area contributed by atoms with E-state index in [1.54, 1.807) is 22.2 Å². The normalized spacial score (nSPS) is 10.8. The van der Waals surface area contributed by atoms with Crippen LogP contribution < -0.4 is 15.6 Å². The Morgan fingerprint density at radius 2 is 2.17 bits per heavy atom. The summed E-state index contributed by atoms with van der Waals surface area (Å²) in [5, 5.41) is 2.84. The van der Waals surface area contributed by atoms with Gasteiger partial charge in [-0.15, -0.1) is 11.3 Å². The lowest BCUT2D eigenvalue weighted by atomic mass is 10.2. The van der Waals surface area contributed by atoms with Gasteiger partial charge >= 0.3 is 0 Å². The number of hydrogen-bond donors (Lipinski definition) is 1. The predicted octanol–water partition coefficient (Wildman–Crippen LogP) is 2.21. The number of rotatable bonds is 5. The molecule has 0 saturated carbocycles. The molecular formula is C17H17N3O3S. The Labute approximate surface area is 142 Å². The first-order chi connectivity index (χ1) is 11.6. The van der Waals surface area contributed by atoms with Crippen molar-refractivity contribution in [3.8, 4) is 5.75 Å². The number of thiazole rings is 1. The molecule has 1 amide bonds. The number of carbonyl (C=O) groups is 1. The van der Waals surface area contributed by atoms with E-state index in [4.69, 9.17) is 4.74 Å². The predicted molar refractivity (Wildman–Crippen MR) is 93.9 cm³/mol. The van der Waals surface area contributed by atoms with Crippen LogP contribution in [-0.2, 0) is 6.54 Å². The van der Waals surface area contributed by atoms with Crippen LogP contribution in [0.5, 0.6) is 5.75 Å². The molecule has 1 aromatic carbocycles. The number of nitrogens with one attached hydrogen (secondary N) is 1. The van der Waals surface area contributed by atoms with Gasteiger partial charge in [0.1, 0.15) is 5.75 Å². The summed E-state index contributed by atoms with van der Waals surface area (Å²) in [5.74, 6) is 0.375. The van der Waals surface area contributed by atoms with Crippen LogP contribution in [0, 0.1) is 6.92 Å². The molecular weight excluding hydrogens is 326 g/mol. The quantitative estimate of drug-likeness (QED) is 0.771. The topological polar surface area (TPSA) is 73.2 Å². The van der Waals surface area contributed by atoms with Crippen molar-refractivity contribution in [3.63, 3.8) is 0 Å². The van der Waals surface area contributed by atoms with Crippen LogP contribution in [0.2, 0.25) is 0 Å². The Hall–Kier alpha value is -2.67. The summed E-state index contributed by atoms with van der Waals surface area (Å²) >= 11 is 1.50. The number of pyridine rings is 1. The van der Waals surface area contributed by atoms with E-state index >= 15 is 0 Å². The number of ether oxygens (including phenoxy) is 1.